The Labute approximate surface area is 124 Å². The number of para-hydroxylation sites is 1. The summed E-state index contributed by atoms with van der Waals surface area (Å²) in [5.74, 6) is 1.76. The van der Waals surface area contributed by atoms with Crippen LogP contribution >= 0.6 is 0 Å². The van der Waals surface area contributed by atoms with Crippen molar-refractivity contribution in [1.82, 2.24) is 15.0 Å². The minimum Gasteiger partial charge on any atom is -0.496 e. The summed E-state index contributed by atoms with van der Waals surface area (Å²) >= 11 is 0. The minimum atomic E-state index is 0.312. The zero-order valence-corrected chi connectivity index (χ0v) is 12.6. The quantitative estimate of drug-likeness (QED) is 0.845. The molecule has 2 rings (SSSR count). The van der Waals surface area contributed by atoms with Crippen LogP contribution in [0.4, 0.5) is 5.95 Å². The molecular formula is C15H20N4O2. The molecular weight excluding hydrogens is 268 g/mol. The summed E-state index contributed by atoms with van der Waals surface area (Å²) in [5, 5.41) is 3.16. The van der Waals surface area contributed by atoms with Crippen LogP contribution in [-0.4, -0.2) is 35.2 Å². The van der Waals surface area contributed by atoms with E-state index in [-0.39, 0.29) is 0 Å². The molecule has 6 nitrogen and oxygen atoms in total. The third kappa shape index (κ3) is 3.81. The predicted molar refractivity (Wildman–Crippen MR) is 81.8 cm³/mol. The van der Waals surface area contributed by atoms with E-state index in [1.165, 1.54) is 0 Å². The molecule has 21 heavy (non-hydrogen) atoms. The van der Waals surface area contributed by atoms with Gasteiger partial charge in [-0.1, -0.05) is 19.1 Å². The lowest BCUT2D eigenvalue weighted by molar-refractivity contribution is 0.312. The fourth-order valence-corrected chi connectivity index (χ4v) is 1.82. The molecule has 1 N–H and O–H groups in total. The van der Waals surface area contributed by atoms with Gasteiger partial charge in [-0.2, -0.15) is 15.0 Å². The topological polar surface area (TPSA) is 69.2 Å². The first-order chi connectivity index (χ1) is 10.3. The maximum absolute atomic E-state index is 5.42. The Morgan fingerprint density at radius 1 is 1.10 bits per heavy atom. The van der Waals surface area contributed by atoms with Crippen LogP contribution < -0.4 is 14.8 Å². The van der Waals surface area contributed by atoms with Crippen LogP contribution in [0.25, 0.3) is 11.4 Å². The van der Waals surface area contributed by atoms with Gasteiger partial charge in [0.15, 0.2) is 5.82 Å². The molecule has 1 aromatic carbocycles. The van der Waals surface area contributed by atoms with Crippen molar-refractivity contribution in [3.05, 3.63) is 24.3 Å². The number of benzene rings is 1. The first-order valence-corrected chi connectivity index (χ1v) is 7.04. The van der Waals surface area contributed by atoms with E-state index in [0.717, 1.165) is 18.5 Å². The Morgan fingerprint density at radius 2 is 1.90 bits per heavy atom. The van der Waals surface area contributed by atoms with Crippen molar-refractivity contribution in [2.24, 2.45) is 0 Å². The predicted octanol–water partition coefficient (Wildman–Crippen LogP) is 2.77. The number of ether oxygens (including phenoxy) is 2. The van der Waals surface area contributed by atoms with Gasteiger partial charge < -0.3 is 14.8 Å². The Hall–Kier alpha value is -2.37. The molecule has 1 aromatic heterocycles. The second-order valence-corrected chi connectivity index (χ2v) is 4.33. The molecule has 0 saturated carbocycles. The van der Waals surface area contributed by atoms with Gasteiger partial charge >= 0.3 is 6.01 Å². The molecule has 0 atom stereocenters. The highest BCUT2D eigenvalue weighted by molar-refractivity contribution is 5.64. The normalized spacial score (nSPS) is 10.2. The summed E-state index contributed by atoms with van der Waals surface area (Å²) in [5.41, 5.74) is 0.808. The molecule has 2 aromatic rings. The molecule has 0 amide bonds. The van der Waals surface area contributed by atoms with Crippen molar-refractivity contribution in [3.63, 3.8) is 0 Å². The third-order valence-corrected chi connectivity index (χ3v) is 2.77. The molecule has 112 valence electrons. The van der Waals surface area contributed by atoms with E-state index in [0.29, 0.717) is 30.1 Å². The highest BCUT2D eigenvalue weighted by Crippen LogP contribution is 2.28. The van der Waals surface area contributed by atoms with E-state index in [1.54, 1.807) is 7.11 Å². The van der Waals surface area contributed by atoms with E-state index in [9.17, 15) is 0 Å². The van der Waals surface area contributed by atoms with E-state index in [2.05, 4.69) is 27.2 Å². The summed E-state index contributed by atoms with van der Waals surface area (Å²) in [6.45, 7) is 5.27. The number of aromatic nitrogens is 3. The lowest BCUT2D eigenvalue weighted by Gasteiger charge is -2.10. The standard InChI is InChI=1S/C15H20N4O2/c1-4-10-16-14-17-13(18-15(19-14)21-5-2)11-8-6-7-9-12(11)20-3/h6-9H,4-5,10H2,1-3H3,(H,16,17,18,19). The molecule has 0 aliphatic rings. The smallest absolute Gasteiger partial charge is 0.321 e. The maximum atomic E-state index is 5.42. The van der Waals surface area contributed by atoms with Gasteiger partial charge in [-0.15, -0.1) is 0 Å². The lowest BCUT2D eigenvalue weighted by Crippen LogP contribution is -2.09. The molecule has 0 radical (unpaired) electrons. The Morgan fingerprint density at radius 3 is 2.62 bits per heavy atom. The molecule has 0 aliphatic heterocycles. The van der Waals surface area contributed by atoms with E-state index >= 15 is 0 Å². The average molecular weight is 288 g/mol. The Balaban J connectivity index is 2.43. The maximum Gasteiger partial charge on any atom is 0.321 e. The number of anilines is 1. The van der Waals surface area contributed by atoms with Crippen LogP contribution in [0.15, 0.2) is 24.3 Å². The fourth-order valence-electron chi connectivity index (χ4n) is 1.82. The van der Waals surface area contributed by atoms with Gasteiger partial charge in [0.2, 0.25) is 5.95 Å². The van der Waals surface area contributed by atoms with E-state index in [4.69, 9.17) is 9.47 Å². The van der Waals surface area contributed by atoms with Gasteiger partial charge in [0.05, 0.1) is 19.3 Å². The Kier molecular flexibility index (Phi) is 5.31. The molecule has 0 unspecified atom stereocenters. The minimum absolute atomic E-state index is 0.312. The number of rotatable bonds is 7. The van der Waals surface area contributed by atoms with Crippen molar-refractivity contribution >= 4 is 5.95 Å². The van der Waals surface area contributed by atoms with Crippen molar-refractivity contribution in [1.29, 1.82) is 0 Å². The van der Waals surface area contributed by atoms with Gasteiger partial charge in [-0.3, -0.25) is 0 Å². The van der Waals surface area contributed by atoms with Crippen LogP contribution in [-0.2, 0) is 0 Å². The van der Waals surface area contributed by atoms with Crippen LogP contribution in [0.5, 0.6) is 11.8 Å². The highest BCUT2D eigenvalue weighted by Gasteiger charge is 2.12. The summed E-state index contributed by atoms with van der Waals surface area (Å²) in [6.07, 6.45) is 0.986. The van der Waals surface area contributed by atoms with Gasteiger partial charge in [0.1, 0.15) is 5.75 Å². The van der Waals surface area contributed by atoms with Crippen LogP contribution in [0.2, 0.25) is 0 Å². The molecule has 0 bridgehead atoms. The van der Waals surface area contributed by atoms with Crippen molar-refractivity contribution < 1.29 is 9.47 Å². The molecule has 1 heterocycles. The monoisotopic (exact) mass is 288 g/mol. The highest BCUT2D eigenvalue weighted by atomic mass is 16.5. The first kappa shape index (κ1) is 15.0. The number of nitrogens with one attached hydrogen (secondary N) is 1. The number of hydrogen-bond donors (Lipinski definition) is 1. The molecule has 0 saturated heterocycles. The van der Waals surface area contributed by atoms with Crippen molar-refractivity contribution in [2.45, 2.75) is 20.3 Å². The summed E-state index contributed by atoms with van der Waals surface area (Å²) < 4.78 is 10.8. The summed E-state index contributed by atoms with van der Waals surface area (Å²) in [6, 6.07) is 7.92. The lowest BCUT2D eigenvalue weighted by atomic mass is 10.2. The van der Waals surface area contributed by atoms with E-state index in [1.807, 2.05) is 31.2 Å². The Bertz CT molecular complexity index is 590. The van der Waals surface area contributed by atoms with Crippen LogP contribution in [0, 0.1) is 0 Å². The summed E-state index contributed by atoms with van der Waals surface area (Å²) in [4.78, 5) is 13.0. The van der Waals surface area contributed by atoms with Gasteiger partial charge in [0.25, 0.3) is 0 Å². The number of nitrogens with zero attached hydrogens (tertiary/aromatic N) is 3. The van der Waals surface area contributed by atoms with Crippen LogP contribution in [0.1, 0.15) is 20.3 Å². The third-order valence-electron chi connectivity index (χ3n) is 2.77. The van der Waals surface area contributed by atoms with Crippen molar-refractivity contribution in [3.8, 4) is 23.1 Å². The molecule has 6 heteroatoms. The molecule has 0 fully saturated rings. The first-order valence-electron chi connectivity index (χ1n) is 7.04. The second-order valence-electron chi connectivity index (χ2n) is 4.33. The molecule has 0 spiro atoms. The van der Waals surface area contributed by atoms with Crippen LogP contribution in [0.3, 0.4) is 0 Å². The number of methoxy groups -OCH3 is 1. The summed E-state index contributed by atoms with van der Waals surface area (Å²) in [7, 11) is 1.62. The zero-order valence-electron chi connectivity index (χ0n) is 12.6. The average Bonchev–Trinajstić information content (AvgIpc) is 2.53. The van der Waals surface area contributed by atoms with Gasteiger partial charge in [-0.25, -0.2) is 0 Å². The zero-order chi connectivity index (χ0) is 15.1. The van der Waals surface area contributed by atoms with Gasteiger partial charge in [0, 0.05) is 6.54 Å². The SMILES string of the molecule is CCCNc1nc(OCC)nc(-c2ccccc2OC)n1. The number of hydrogen-bond acceptors (Lipinski definition) is 6. The molecule has 0 aliphatic carbocycles. The fraction of sp³-hybridized carbons (Fsp3) is 0.400. The second kappa shape index (κ2) is 7.42. The largest absolute Gasteiger partial charge is 0.496 e. The van der Waals surface area contributed by atoms with Gasteiger partial charge in [-0.05, 0) is 25.5 Å². The van der Waals surface area contributed by atoms with E-state index < -0.39 is 0 Å². The van der Waals surface area contributed by atoms with Crippen molar-refractivity contribution in [2.75, 3.05) is 25.6 Å².